The Kier molecular flexibility index (Phi) is 7.33. The number of carbonyl (C=O) groups excluding carboxylic acids is 1. The van der Waals surface area contributed by atoms with E-state index in [9.17, 15) is 4.79 Å². The molecule has 1 heterocycles. The van der Waals surface area contributed by atoms with E-state index in [-0.39, 0.29) is 11.9 Å². The number of nitrogens with zero attached hydrogens (tertiary/aromatic N) is 2. The molecule has 2 rings (SSSR count). The number of hydrogen-bond donors (Lipinski definition) is 2. The van der Waals surface area contributed by atoms with Gasteiger partial charge in [-0.05, 0) is 32.4 Å². The molecule has 24 heavy (non-hydrogen) atoms. The molecule has 0 aliphatic rings. The summed E-state index contributed by atoms with van der Waals surface area (Å²) in [6.07, 6.45) is 0.919. The number of ether oxygens (including phenoxy) is 1. The highest BCUT2D eigenvalue weighted by Gasteiger charge is 2.11. The number of anilines is 2. The van der Waals surface area contributed by atoms with Gasteiger partial charge in [0.1, 0.15) is 5.75 Å². The number of aromatic nitrogens is 2. The molecule has 1 aromatic carbocycles. The van der Waals surface area contributed by atoms with Gasteiger partial charge in [0.05, 0.1) is 18.0 Å². The van der Waals surface area contributed by atoms with Gasteiger partial charge in [-0.25, -0.2) is 0 Å². The van der Waals surface area contributed by atoms with Crippen molar-refractivity contribution in [3.63, 3.8) is 0 Å². The summed E-state index contributed by atoms with van der Waals surface area (Å²) in [6, 6.07) is 7.88. The molecular formula is C16H22N4O2S2. The first-order chi connectivity index (χ1) is 11.6. The van der Waals surface area contributed by atoms with Crippen LogP contribution >= 0.6 is 23.1 Å². The van der Waals surface area contributed by atoms with Crippen LogP contribution in [0.15, 0.2) is 28.6 Å². The number of carbonyl (C=O) groups is 1. The van der Waals surface area contributed by atoms with Gasteiger partial charge in [-0.1, -0.05) is 42.2 Å². The summed E-state index contributed by atoms with van der Waals surface area (Å²) >= 11 is 2.80. The summed E-state index contributed by atoms with van der Waals surface area (Å²) in [5.41, 5.74) is 0.849. The Hall–Kier alpha value is -1.80. The van der Waals surface area contributed by atoms with E-state index in [0.29, 0.717) is 17.5 Å². The van der Waals surface area contributed by atoms with Gasteiger partial charge in [-0.2, -0.15) is 0 Å². The van der Waals surface area contributed by atoms with Crippen molar-refractivity contribution < 1.29 is 9.53 Å². The van der Waals surface area contributed by atoms with Gasteiger partial charge in [0.15, 0.2) is 4.34 Å². The highest BCUT2D eigenvalue weighted by molar-refractivity contribution is 8.01. The zero-order chi connectivity index (χ0) is 17.4. The molecule has 0 bridgehead atoms. The first-order valence-corrected chi connectivity index (χ1v) is 9.67. The molecule has 0 aliphatic carbocycles. The van der Waals surface area contributed by atoms with Crippen molar-refractivity contribution in [1.82, 2.24) is 15.5 Å². The zero-order valence-corrected chi connectivity index (χ0v) is 15.7. The normalized spacial score (nSPS) is 11.8. The molecule has 1 atom stereocenters. The number of thioether (sulfide) groups is 1. The van der Waals surface area contributed by atoms with E-state index >= 15 is 0 Å². The van der Waals surface area contributed by atoms with Crippen molar-refractivity contribution in [2.45, 2.75) is 37.6 Å². The van der Waals surface area contributed by atoms with Gasteiger partial charge >= 0.3 is 0 Å². The molecule has 0 fully saturated rings. The fourth-order valence-electron chi connectivity index (χ4n) is 1.83. The van der Waals surface area contributed by atoms with Gasteiger partial charge in [0.2, 0.25) is 11.0 Å². The van der Waals surface area contributed by atoms with Crippen LogP contribution in [0.2, 0.25) is 0 Å². The highest BCUT2D eigenvalue weighted by atomic mass is 32.2. The van der Waals surface area contributed by atoms with Crippen LogP contribution in [0, 0.1) is 0 Å². The molecule has 1 amide bonds. The summed E-state index contributed by atoms with van der Waals surface area (Å²) in [4.78, 5) is 11.8. The van der Waals surface area contributed by atoms with Crippen molar-refractivity contribution in [1.29, 1.82) is 0 Å². The zero-order valence-electron chi connectivity index (χ0n) is 14.0. The summed E-state index contributed by atoms with van der Waals surface area (Å²) in [6.45, 7) is 6.58. The molecule has 6 nitrogen and oxygen atoms in total. The second-order valence-electron chi connectivity index (χ2n) is 5.09. The Bertz CT molecular complexity index is 663. The molecular weight excluding hydrogens is 344 g/mol. The van der Waals surface area contributed by atoms with E-state index in [1.54, 1.807) is 0 Å². The molecule has 1 aromatic heterocycles. The fraction of sp³-hybridized carbons (Fsp3) is 0.438. The van der Waals surface area contributed by atoms with Crippen LogP contribution in [0.4, 0.5) is 10.8 Å². The molecule has 0 spiro atoms. The lowest BCUT2D eigenvalue weighted by Crippen LogP contribution is -2.33. The van der Waals surface area contributed by atoms with E-state index in [1.807, 2.05) is 45.0 Å². The summed E-state index contributed by atoms with van der Waals surface area (Å²) in [5.74, 6) is 1.13. The van der Waals surface area contributed by atoms with Gasteiger partial charge < -0.3 is 15.4 Å². The quantitative estimate of drug-likeness (QED) is 0.659. The lowest BCUT2D eigenvalue weighted by atomic mass is 10.3. The van der Waals surface area contributed by atoms with Crippen LogP contribution in [-0.2, 0) is 4.79 Å². The summed E-state index contributed by atoms with van der Waals surface area (Å²) in [7, 11) is 0. The predicted octanol–water partition coefficient (Wildman–Crippen LogP) is 3.69. The van der Waals surface area contributed by atoms with E-state index in [2.05, 4.69) is 20.8 Å². The number of hydrogen-bond acceptors (Lipinski definition) is 7. The van der Waals surface area contributed by atoms with Crippen molar-refractivity contribution in [3.8, 4) is 5.75 Å². The molecule has 0 aliphatic heterocycles. The van der Waals surface area contributed by atoms with E-state index < -0.39 is 0 Å². The molecule has 130 valence electrons. The minimum Gasteiger partial charge on any atom is -0.492 e. The van der Waals surface area contributed by atoms with Gasteiger partial charge in [0.25, 0.3) is 0 Å². The first-order valence-electron chi connectivity index (χ1n) is 7.86. The van der Waals surface area contributed by atoms with Crippen molar-refractivity contribution in [3.05, 3.63) is 24.3 Å². The average Bonchev–Trinajstić information content (AvgIpc) is 3.02. The van der Waals surface area contributed by atoms with E-state index in [1.165, 1.54) is 23.1 Å². The maximum atomic E-state index is 11.8. The van der Waals surface area contributed by atoms with E-state index in [4.69, 9.17) is 4.74 Å². The van der Waals surface area contributed by atoms with Gasteiger partial charge in [0, 0.05) is 6.04 Å². The molecule has 0 saturated carbocycles. The minimum atomic E-state index is 0.0146. The third kappa shape index (κ3) is 5.68. The minimum absolute atomic E-state index is 0.0146. The average molecular weight is 367 g/mol. The van der Waals surface area contributed by atoms with Crippen LogP contribution in [-0.4, -0.2) is 34.5 Å². The number of para-hydroxylation sites is 2. The molecule has 1 unspecified atom stereocenters. The number of rotatable bonds is 9. The smallest absolute Gasteiger partial charge is 0.230 e. The molecule has 2 N–H and O–H groups in total. The summed E-state index contributed by atoms with van der Waals surface area (Å²) < 4.78 is 6.33. The SMILES string of the molecule is CCOc1ccccc1Nc1nnc(SCC(=O)NC(C)CC)s1. The predicted molar refractivity (Wildman–Crippen MR) is 99.4 cm³/mol. The third-order valence-corrected chi connectivity index (χ3v) is 5.15. The van der Waals surface area contributed by atoms with Crippen LogP contribution in [0.1, 0.15) is 27.2 Å². The molecule has 0 saturated heterocycles. The van der Waals surface area contributed by atoms with Crippen LogP contribution < -0.4 is 15.4 Å². The molecule has 2 aromatic rings. The largest absolute Gasteiger partial charge is 0.492 e. The number of benzene rings is 1. The van der Waals surface area contributed by atoms with Crippen LogP contribution in [0.3, 0.4) is 0 Å². The highest BCUT2D eigenvalue weighted by Crippen LogP contribution is 2.31. The number of nitrogens with one attached hydrogen (secondary N) is 2. The Morgan fingerprint density at radius 2 is 2.12 bits per heavy atom. The molecule has 0 radical (unpaired) electrons. The number of amides is 1. The monoisotopic (exact) mass is 366 g/mol. The maximum absolute atomic E-state index is 11.8. The standard InChI is InChI=1S/C16H22N4O2S2/c1-4-11(3)17-14(21)10-23-16-20-19-15(24-16)18-12-8-6-7-9-13(12)22-5-2/h6-9,11H,4-5,10H2,1-3H3,(H,17,21)(H,18,19). The topological polar surface area (TPSA) is 76.1 Å². The summed E-state index contributed by atoms with van der Waals surface area (Å²) in [5, 5.41) is 15.0. The second-order valence-corrected chi connectivity index (χ2v) is 7.29. The third-order valence-electron chi connectivity index (χ3n) is 3.18. The Morgan fingerprint density at radius 1 is 1.33 bits per heavy atom. The van der Waals surface area contributed by atoms with Gasteiger partial charge in [-0.15, -0.1) is 10.2 Å². The fourth-order valence-corrected chi connectivity index (χ4v) is 3.41. The Morgan fingerprint density at radius 3 is 2.88 bits per heavy atom. The lowest BCUT2D eigenvalue weighted by Gasteiger charge is -2.10. The van der Waals surface area contributed by atoms with Crippen molar-refractivity contribution >= 4 is 39.8 Å². The first kappa shape index (κ1) is 18.5. The van der Waals surface area contributed by atoms with Crippen LogP contribution in [0.5, 0.6) is 5.75 Å². The lowest BCUT2D eigenvalue weighted by molar-refractivity contribution is -0.119. The van der Waals surface area contributed by atoms with Crippen LogP contribution in [0.25, 0.3) is 0 Å². The van der Waals surface area contributed by atoms with Crippen molar-refractivity contribution in [2.24, 2.45) is 0 Å². The second kappa shape index (κ2) is 9.48. The maximum Gasteiger partial charge on any atom is 0.230 e. The Balaban J connectivity index is 1.90. The Labute approximate surface area is 150 Å². The van der Waals surface area contributed by atoms with E-state index in [0.717, 1.165) is 22.2 Å². The van der Waals surface area contributed by atoms with Crippen molar-refractivity contribution in [2.75, 3.05) is 17.7 Å². The molecule has 8 heteroatoms. The van der Waals surface area contributed by atoms with Gasteiger partial charge in [-0.3, -0.25) is 4.79 Å².